The summed E-state index contributed by atoms with van der Waals surface area (Å²) in [5, 5.41) is 0. The van der Waals surface area contributed by atoms with Crippen molar-refractivity contribution < 1.29 is 30.5 Å². The summed E-state index contributed by atoms with van der Waals surface area (Å²) >= 11 is 0. The molecule has 0 aromatic carbocycles. The van der Waals surface area contributed by atoms with Gasteiger partial charge in [-0.15, -0.1) is 3.63 Å². The lowest BCUT2D eigenvalue weighted by atomic mass is 15.8. The largest absolute Gasteiger partial charge is 0.412 e. The molecule has 7 nitrogen and oxygen atoms in total. The highest BCUT2D eigenvalue weighted by molar-refractivity contribution is 8.14. The Labute approximate surface area is 61.4 Å². The molecule has 0 aliphatic rings. The Kier molecular flexibility index (Phi) is 4.40. The molecular formula is H3ClO7S2. The second-order valence-corrected chi connectivity index (χ2v) is 4.21. The van der Waals surface area contributed by atoms with Crippen molar-refractivity contribution in [2.45, 2.75) is 0 Å². The molecule has 0 aromatic rings. The van der Waals surface area contributed by atoms with Crippen LogP contribution < -0.4 is 0 Å². The number of rotatable bonds is 2. The molecule has 0 aliphatic carbocycles. The van der Waals surface area contributed by atoms with Crippen molar-refractivity contribution in [3.05, 3.63) is 0 Å². The summed E-state index contributed by atoms with van der Waals surface area (Å²) in [4.78, 5) is 0. The molecule has 3 N–H and O–H groups in total. The molecule has 64 valence electrons. The molecule has 0 fully saturated rings. The third-order valence-electron chi connectivity index (χ3n) is 0.167. The number of halogens is 1. The molecule has 0 saturated carbocycles. The molecule has 0 aliphatic heterocycles. The van der Waals surface area contributed by atoms with E-state index in [4.69, 9.17) is 4.55 Å². The summed E-state index contributed by atoms with van der Waals surface area (Å²) in [6, 6.07) is 0. The fraction of sp³-hybridized carbons (Fsp3) is 0. The molecule has 0 heterocycles. The zero-order chi connectivity index (χ0) is 7.71. The van der Waals surface area contributed by atoms with Crippen LogP contribution in [-0.4, -0.2) is 26.9 Å². The summed E-state index contributed by atoms with van der Waals surface area (Å²) in [6.07, 6.45) is 0. The van der Waals surface area contributed by atoms with Gasteiger partial charge in [-0.25, -0.2) is 0 Å². The fourth-order valence-electron chi connectivity index (χ4n) is 0.103. The Hall–Kier alpha value is 0.0700. The molecule has 0 aromatic heterocycles. The van der Waals surface area contributed by atoms with Gasteiger partial charge in [0.2, 0.25) is 0 Å². The average molecular weight is 215 g/mol. The smallest absolute Gasteiger partial charge is 0.412 e. The van der Waals surface area contributed by atoms with Gasteiger partial charge in [-0.2, -0.15) is 16.8 Å². The predicted octanol–water partition coefficient (Wildman–Crippen LogP) is -1.54. The van der Waals surface area contributed by atoms with Crippen LogP contribution in [0, 0.1) is 0 Å². The van der Waals surface area contributed by atoms with Crippen molar-refractivity contribution in [3.8, 4) is 0 Å². The van der Waals surface area contributed by atoms with Crippen LogP contribution in [0.1, 0.15) is 0 Å². The minimum Gasteiger partial charge on any atom is -0.412 e. The zero-order valence-corrected chi connectivity index (χ0v) is 6.57. The van der Waals surface area contributed by atoms with Crippen LogP contribution in [-0.2, 0) is 23.4 Å². The van der Waals surface area contributed by atoms with Crippen LogP contribution in [0.2, 0.25) is 0 Å². The van der Waals surface area contributed by atoms with E-state index in [2.05, 4.69) is 14.3 Å². The summed E-state index contributed by atoms with van der Waals surface area (Å²) in [6.45, 7) is 0. The highest BCUT2D eigenvalue weighted by Crippen LogP contribution is 2.01. The molecule has 0 bridgehead atoms. The van der Waals surface area contributed by atoms with E-state index in [0.29, 0.717) is 0 Å². The van der Waals surface area contributed by atoms with E-state index in [1.165, 1.54) is 0 Å². The standard InChI is InChI=1S/ClHO6S2.H2O/c1-8(2,3)7-9(4,5)6;/h(H,4,5,6);1H2. The summed E-state index contributed by atoms with van der Waals surface area (Å²) < 4.78 is 48.9. The van der Waals surface area contributed by atoms with Crippen LogP contribution in [0.3, 0.4) is 0 Å². The Morgan fingerprint density at radius 3 is 1.50 bits per heavy atom. The van der Waals surface area contributed by atoms with Crippen LogP contribution in [0.5, 0.6) is 0 Å². The van der Waals surface area contributed by atoms with E-state index in [-0.39, 0.29) is 5.48 Å². The molecule has 0 spiro atoms. The van der Waals surface area contributed by atoms with Crippen molar-refractivity contribution in [3.63, 3.8) is 0 Å². The van der Waals surface area contributed by atoms with Crippen LogP contribution in [0.15, 0.2) is 0 Å². The zero-order valence-electron chi connectivity index (χ0n) is 4.18. The van der Waals surface area contributed by atoms with Gasteiger partial charge in [0.15, 0.2) is 0 Å². The Balaban J connectivity index is 0. The maximum atomic E-state index is 9.65. The van der Waals surface area contributed by atoms with Gasteiger partial charge in [-0.05, 0) is 0 Å². The van der Waals surface area contributed by atoms with Gasteiger partial charge in [-0.3, -0.25) is 4.55 Å². The Morgan fingerprint density at radius 1 is 1.20 bits per heavy atom. The topological polar surface area (TPSA) is 129 Å². The molecule has 10 heavy (non-hydrogen) atoms. The summed E-state index contributed by atoms with van der Waals surface area (Å²) in [5.74, 6) is 0. The summed E-state index contributed by atoms with van der Waals surface area (Å²) in [5.41, 5.74) is 0. The van der Waals surface area contributed by atoms with E-state index >= 15 is 0 Å². The van der Waals surface area contributed by atoms with E-state index in [9.17, 15) is 16.8 Å². The quantitative estimate of drug-likeness (QED) is 0.438. The van der Waals surface area contributed by atoms with Gasteiger partial charge >= 0.3 is 19.7 Å². The molecule has 0 unspecified atom stereocenters. The van der Waals surface area contributed by atoms with Crippen molar-refractivity contribution in [2.75, 3.05) is 0 Å². The van der Waals surface area contributed by atoms with Gasteiger partial charge in [-0.1, -0.05) is 0 Å². The number of hydrogen-bond donors (Lipinski definition) is 1. The second-order valence-electron chi connectivity index (χ2n) is 0.889. The van der Waals surface area contributed by atoms with Gasteiger partial charge in [0.05, 0.1) is 10.7 Å². The minimum absolute atomic E-state index is 0. The minimum atomic E-state index is -5.00. The third kappa shape index (κ3) is 10.9. The van der Waals surface area contributed by atoms with E-state index < -0.39 is 19.7 Å². The third-order valence-corrected chi connectivity index (χ3v) is 1.97. The van der Waals surface area contributed by atoms with E-state index in [1.807, 2.05) is 0 Å². The van der Waals surface area contributed by atoms with Crippen molar-refractivity contribution in [2.24, 2.45) is 0 Å². The first kappa shape index (κ1) is 12.7. The molecule has 0 rings (SSSR count). The van der Waals surface area contributed by atoms with Crippen LogP contribution >= 0.6 is 10.7 Å². The van der Waals surface area contributed by atoms with E-state index in [1.54, 1.807) is 0 Å². The summed E-state index contributed by atoms with van der Waals surface area (Å²) in [7, 11) is -5.42. The monoisotopic (exact) mass is 214 g/mol. The van der Waals surface area contributed by atoms with Crippen molar-refractivity contribution >= 4 is 30.4 Å². The maximum Gasteiger partial charge on any atom is 0.412 e. The first-order chi connectivity index (χ1) is 3.71. The Morgan fingerprint density at radius 2 is 1.50 bits per heavy atom. The predicted molar refractivity (Wildman–Crippen MR) is 31.0 cm³/mol. The lowest BCUT2D eigenvalue weighted by Gasteiger charge is -1.88. The molecule has 0 radical (unpaired) electrons. The normalized spacial score (nSPS) is 12.2. The maximum absolute atomic E-state index is 9.65. The van der Waals surface area contributed by atoms with Gasteiger partial charge in [0, 0.05) is 0 Å². The average Bonchev–Trinajstić information content (AvgIpc) is 1.14. The number of hydrogen-bond acceptors (Lipinski definition) is 5. The lowest BCUT2D eigenvalue weighted by molar-refractivity contribution is 0.389. The van der Waals surface area contributed by atoms with Crippen molar-refractivity contribution in [1.82, 2.24) is 0 Å². The van der Waals surface area contributed by atoms with Gasteiger partial charge < -0.3 is 5.48 Å². The second kappa shape index (κ2) is 3.46. The van der Waals surface area contributed by atoms with Crippen LogP contribution in [0.4, 0.5) is 0 Å². The van der Waals surface area contributed by atoms with E-state index in [0.717, 1.165) is 0 Å². The fourth-order valence-corrected chi connectivity index (χ4v) is 1.51. The molecule has 0 saturated heterocycles. The lowest BCUT2D eigenvalue weighted by Crippen LogP contribution is -2.06. The van der Waals surface area contributed by atoms with Crippen molar-refractivity contribution in [1.29, 1.82) is 0 Å². The highest BCUT2D eigenvalue weighted by atomic mass is 35.7. The highest BCUT2D eigenvalue weighted by Gasteiger charge is 2.16. The Bertz CT molecular complexity index is 237. The molecule has 0 amide bonds. The first-order valence-corrected chi connectivity index (χ1v) is 4.94. The van der Waals surface area contributed by atoms with Gasteiger partial charge in [0.25, 0.3) is 0 Å². The first-order valence-electron chi connectivity index (χ1n) is 1.34. The molecular weight excluding hydrogens is 212 g/mol. The van der Waals surface area contributed by atoms with Gasteiger partial charge in [0.1, 0.15) is 0 Å². The molecule has 10 heteroatoms. The van der Waals surface area contributed by atoms with Crippen LogP contribution in [0.25, 0.3) is 0 Å². The SMILES string of the molecule is O.O=S(=O)(O)OS(=O)(=O)Cl. The molecule has 0 atom stereocenters.